The summed E-state index contributed by atoms with van der Waals surface area (Å²) in [6, 6.07) is 16.2. The molecule has 0 aliphatic heterocycles. The first-order valence-corrected chi connectivity index (χ1v) is 8.76. The Morgan fingerprint density at radius 3 is 2.52 bits per heavy atom. The Bertz CT molecular complexity index is 932. The summed E-state index contributed by atoms with van der Waals surface area (Å²) in [7, 11) is 1.62. The highest BCUT2D eigenvalue weighted by Gasteiger charge is 2.17. The Labute approximate surface area is 157 Å². The van der Waals surface area contributed by atoms with E-state index in [-0.39, 0.29) is 5.56 Å². The van der Waals surface area contributed by atoms with Crippen LogP contribution < -0.4 is 4.74 Å². The number of ether oxygens (including phenoxy) is 1. The Kier molecular flexibility index (Phi) is 5.57. The highest BCUT2D eigenvalue weighted by molar-refractivity contribution is 5.88. The molecule has 27 heavy (non-hydrogen) atoms. The molecular formula is C21H22N2O4. The van der Waals surface area contributed by atoms with Gasteiger partial charge in [0, 0.05) is 11.1 Å². The van der Waals surface area contributed by atoms with E-state index in [1.165, 1.54) is 0 Å². The molecule has 0 aliphatic rings. The molecule has 6 heteroatoms. The van der Waals surface area contributed by atoms with Crippen LogP contribution in [0.25, 0.3) is 22.5 Å². The molecule has 1 unspecified atom stereocenters. The molecule has 0 fully saturated rings. The Morgan fingerprint density at radius 2 is 1.89 bits per heavy atom. The van der Waals surface area contributed by atoms with E-state index >= 15 is 0 Å². The quantitative estimate of drug-likeness (QED) is 0.666. The molecule has 1 aromatic heterocycles. The molecule has 140 valence electrons. The number of carbonyl (C=O) groups is 1. The lowest BCUT2D eigenvalue weighted by molar-refractivity contribution is 0.0697. The molecular weight excluding hydrogens is 344 g/mol. The molecule has 0 amide bonds. The van der Waals surface area contributed by atoms with Crippen LogP contribution in [-0.4, -0.2) is 39.2 Å². The van der Waals surface area contributed by atoms with E-state index in [0.717, 1.165) is 22.6 Å². The summed E-state index contributed by atoms with van der Waals surface area (Å²) in [6.07, 6.45) is 0.106. The van der Waals surface area contributed by atoms with Gasteiger partial charge in [-0.05, 0) is 36.8 Å². The third-order valence-corrected chi connectivity index (χ3v) is 4.45. The summed E-state index contributed by atoms with van der Waals surface area (Å²) in [5, 5.41) is 23.8. The highest BCUT2D eigenvalue weighted by atomic mass is 16.5. The van der Waals surface area contributed by atoms with Gasteiger partial charge in [0.15, 0.2) is 0 Å². The van der Waals surface area contributed by atoms with E-state index in [9.17, 15) is 9.90 Å². The second-order valence-electron chi connectivity index (χ2n) is 6.24. The van der Waals surface area contributed by atoms with E-state index in [1.54, 1.807) is 36.1 Å². The zero-order valence-electron chi connectivity index (χ0n) is 15.3. The average Bonchev–Trinajstić information content (AvgIpc) is 3.11. The van der Waals surface area contributed by atoms with Gasteiger partial charge in [-0.3, -0.25) is 4.68 Å². The summed E-state index contributed by atoms with van der Waals surface area (Å²) in [4.78, 5) is 11.1. The normalized spacial score (nSPS) is 12.0. The van der Waals surface area contributed by atoms with Crippen LogP contribution in [0, 0.1) is 0 Å². The third kappa shape index (κ3) is 4.01. The molecule has 2 aromatic carbocycles. The topological polar surface area (TPSA) is 84.6 Å². The van der Waals surface area contributed by atoms with Gasteiger partial charge in [0.25, 0.3) is 0 Å². The second kappa shape index (κ2) is 8.05. The molecule has 0 radical (unpaired) electrons. The lowest BCUT2D eigenvalue weighted by Crippen LogP contribution is -2.16. The van der Waals surface area contributed by atoms with Crippen molar-refractivity contribution in [2.24, 2.45) is 0 Å². The fraction of sp³-hybridized carbons (Fsp3) is 0.238. The van der Waals surface area contributed by atoms with Crippen molar-refractivity contribution < 1.29 is 19.7 Å². The molecule has 0 aliphatic carbocycles. The zero-order valence-corrected chi connectivity index (χ0v) is 15.3. The summed E-state index contributed by atoms with van der Waals surface area (Å²) in [6.45, 7) is 2.28. The van der Waals surface area contributed by atoms with Gasteiger partial charge in [0.05, 0.1) is 36.7 Å². The molecule has 1 heterocycles. The lowest BCUT2D eigenvalue weighted by Gasteiger charge is -2.13. The number of rotatable bonds is 7. The number of para-hydroxylation sites is 1. The van der Waals surface area contributed by atoms with Gasteiger partial charge in [-0.2, -0.15) is 5.10 Å². The molecule has 3 aromatic rings. The van der Waals surface area contributed by atoms with Crippen molar-refractivity contribution in [2.75, 3.05) is 7.11 Å². The minimum Gasteiger partial charge on any atom is -0.496 e. The van der Waals surface area contributed by atoms with Gasteiger partial charge in [-0.1, -0.05) is 31.2 Å². The smallest absolute Gasteiger partial charge is 0.335 e. The maximum atomic E-state index is 11.1. The van der Waals surface area contributed by atoms with Crippen molar-refractivity contribution in [1.82, 2.24) is 9.78 Å². The standard InChI is InChI=1S/C21H22N2O4/c1-3-16(24)13-23-19(17-6-4-5-7-20(17)27-2)12-18(22-23)14-8-10-15(11-9-14)21(25)26/h4-12,16,24H,3,13H2,1-2H3,(H,25,26). The number of methoxy groups -OCH3 is 1. The van der Waals surface area contributed by atoms with Crippen LogP contribution in [0.1, 0.15) is 23.7 Å². The van der Waals surface area contributed by atoms with Crippen LogP contribution in [0.2, 0.25) is 0 Å². The second-order valence-corrected chi connectivity index (χ2v) is 6.24. The van der Waals surface area contributed by atoms with Crippen molar-refractivity contribution in [2.45, 2.75) is 26.0 Å². The fourth-order valence-corrected chi connectivity index (χ4v) is 2.88. The van der Waals surface area contributed by atoms with Gasteiger partial charge in [-0.25, -0.2) is 4.79 Å². The molecule has 0 bridgehead atoms. The molecule has 3 rings (SSSR count). The van der Waals surface area contributed by atoms with E-state index < -0.39 is 12.1 Å². The lowest BCUT2D eigenvalue weighted by atomic mass is 10.1. The summed E-state index contributed by atoms with van der Waals surface area (Å²) >= 11 is 0. The largest absolute Gasteiger partial charge is 0.496 e. The number of benzene rings is 2. The maximum Gasteiger partial charge on any atom is 0.335 e. The Morgan fingerprint density at radius 1 is 1.19 bits per heavy atom. The van der Waals surface area contributed by atoms with Gasteiger partial charge < -0.3 is 14.9 Å². The molecule has 2 N–H and O–H groups in total. The van der Waals surface area contributed by atoms with Crippen LogP contribution >= 0.6 is 0 Å². The maximum absolute atomic E-state index is 11.1. The number of aliphatic hydroxyl groups excluding tert-OH is 1. The van der Waals surface area contributed by atoms with Gasteiger partial charge in [0.1, 0.15) is 5.75 Å². The molecule has 6 nitrogen and oxygen atoms in total. The minimum absolute atomic E-state index is 0.226. The van der Waals surface area contributed by atoms with Crippen LogP contribution in [0.15, 0.2) is 54.6 Å². The number of hydrogen-bond acceptors (Lipinski definition) is 4. The number of aliphatic hydroxyl groups is 1. The molecule has 0 saturated heterocycles. The zero-order chi connectivity index (χ0) is 19.4. The predicted molar refractivity (Wildman–Crippen MR) is 103 cm³/mol. The van der Waals surface area contributed by atoms with Crippen molar-refractivity contribution in [3.8, 4) is 28.3 Å². The van der Waals surface area contributed by atoms with Crippen LogP contribution in [0.4, 0.5) is 0 Å². The fourth-order valence-electron chi connectivity index (χ4n) is 2.88. The summed E-state index contributed by atoms with van der Waals surface area (Å²) in [5.41, 5.74) is 3.45. The number of hydrogen-bond donors (Lipinski definition) is 2. The third-order valence-electron chi connectivity index (χ3n) is 4.45. The van der Waals surface area contributed by atoms with E-state index in [1.807, 2.05) is 37.3 Å². The SMILES string of the molecule is CCC(O)Cn1nc(-c2ccc(C(=O)O)cc2)cc1-c1ccccc1OC. The van der Waals surface area contributed by atoms with E-state index in [0.29, 0.717) is 18.7 Å². The van der Waals surface area contributed by atoms with Gasteiger partial charge in [0.2, 0.25) is 0 Å². The number of aromatic nitrogens is 2. The monoisotopic (exact) mass is 366 g/mol. The first-order valence-electron chi connectivity index (χ1n) is 8.76. The molecule has 1 atom stereocenters. The van der Waals surface area contributed by atoms with Crippen LogP contribution in [-0.2, 0) is 6.54 Å². The summed E-state index contributed by atoms with van der Waals surface area (Å²) in [5.74, 6) is -0.245. The molecule has 0 spiro atoms. The van der Waals surface area contributed by atoms with E-state index in [2.05, 4.69) is 5.10 Å². The van der Waals surface area contributed by atoms with Crippen molar-refractivity contribution in [3.63, 3.8) is 0 Å². The van der Waals surface area contributed by atoms with Crippen molar-refractivity contribution >= 4 is 5.97 Å². The molecule has 0 saturated carbocycles. The number of carboxylic acid groups (broad SMARTS) is 1. The minimum atomic E-state index is -0.965. The van der Waals surface area contributed by atoms with Crippen LogP contribution in [0.3, 0.4) is 0 Å². The first-order chi connectivity index (χ1) is 13.0. The Balaban J connectivity index is 2.07. The predicted octanol–water partition coefficient (Wildman–Crippen LogP) is 3.69. The van der Waals surface area contributed by atoms with Crippen molar-refractivity contribution in [3.05, 3.63) is 60.2 Å². The average molecular weight is 366 g/mol. The number of carboxylic acids is 1. The van der Waals surface area contributed by atoms with E-state index in [4.69, 9.17) is 9.84 Å². The number of nitrogens with zero attached hydrogens (tertiary/aromatic N) is 2. The number of aromatic carboxylic acids is 1. The first kappa shape index (κ1) is 18.7. The van der Waals surface area contributed by atoms with Crippen LogP contribution in [0.5, 0.6) is 5.75 Å². The Hall–Kier alpha value is -3.12. The van der Waals surface area contributed by atoms with Gasteiger partial charge in [-0.15, -0.1) is 0 Å². The van der Waals surface area contributed by atoms with Crippen molar-refractivity contribution in [1.29, 1.82) is 0 Å². The summed E-state index contributed by atoms with van der Waals surface area (Å²) < 4.78 is 7.24. The van der Waals surface area contributed by atoms with Gasteiger partial charge >= 0.3 is 5.97 Å². The highest BCUT2D eigenvalue weighted by Crippen LogP contribution is 2.33.